The molecule has 4 amide bonds. The van der Waals surface area contributed by atoms with Crippen molar-refractivity contribution in [2.75, 3.05) is 11.9 Å². The van der Waals surface area contributed by atoms with Gasteiger partial charge in [0.15, 0.2) is 0 Å². The molecule has 0 radical (unpaired) electrons. The minimum atomic E-state index is -0.519. The van der Waals surface area contributed by atoms with Gasteiger partial charge in [-0.25, -0.2) is 0 Å². The Kier molecular flexibility index (Phi) is 6.16. The number of allylic oxidation sites excluding steroid dienone is 2. The summed E-state index contributed by atoms with van der Waals surface area (Å²) in [6.07, 6.45) is 4.86. The Morgan fingerprint density at radius 3 is 2.19 bits per heavy atom. The molecule has 1 saturated heterocycles. The van der Waals surface area contributed by atoms with Gasteiger partial charge in [0.1, 0.15) is 6.54 Å². The quantitative estimate of drug-likeness (QED) is 0.543. The number of nitrogens with zero attached hydrogens (tertiary/aromatic N) is 1. The number of rotatable bonds is 6. The molecular formula is C25H25N3O4. The average Bonchev–Trinajstić information content (AvgIpc) is 3.05. The summed E-state index contributed by atoms with van der Waals surface area (Å²) in [4.78, 5) is 51.8. The van der Waals surface area contributed by atoms with Gasteiger partial charge in [0.2, 0.25) is 17.7 Å². The molecule has 2 aromatic rings. The predicted molar refractivity (Wildman–Crippen MR) is 119 cm³/mol. The molecule has 0 bridgehead atoms. The van der Waals surface area contributed by atoms with Crippen LogP contribution in [0.5, 0.6) is 0 Å². The van der Waals surface area contributed by atoms with E-state index in [9.17, 15) is 19.2 Å². The number of likely N-dealkylation sites (tertiary alicyclic amines) is 1. The zero-order valence-corrected chi connectivity index (χ0v) is 17.8. The van der Waals surface area contributed by atoms with E-state index >= 15 is 0 Å². The molecule has 7 heteroatoms. The van der Waals surface area contributed by atoms with Crippen molar-refractivity contribution in [3.8, 4) is 0 Å². The second kappa shape index (κ2) is 9.18. The van der Waals surface area contributed by atoms with Gasteiger partial charge in [0.25, 0.3) is 5.91 Å². The number of carbonyl (C=O) groups excluding carboxylic acids is 4. The summed E-state index contributed by atoms with van der Waals surface area (Å²) < 4.78 is 0. The molecule has 7 nitrogen and oxygen atoms in total. The van der Waals surface area contributed by atoms with Crippen LogP contribution in [0.25, 0.3) is 0 Å². The van der Waals surface area contributed by atoms with Crippen molar-refractivity contribution in [3.63, 3.8) is 0 Å². The standard InChI is InChI=1S/C25H25N3O4/c1-16(17-9-3-2-4-10-17)26-23(30)20-13-7-8-14-21(20)27-22(29)15-28-24(31)18-11-5-6-12-19(18)25(28)32/h2-10,13-14,16,18-19H,11-12,15H2,1H3,(H,26,30)(H,27,29)/t16-,18-,19+/m1/s1. The highest BCUT2D eigenvalue weighted by Crippen LogP contribution is 2.34. The SMILES string of the molecule is C[C@@H](NC(=O)c1ccccc1NC(=O)CN1C(=O)[C@H]2CC=CC[C@H]2C1=O)c1ccccc1. The van der Waals surface area contributed by atoms with Crippen LogP contribution < -0.4 is 10.6 Å². The summed E-state index contributed by atoms with van der Waals surface area (Å²) in [5.41, 5.74) is 1.60. The van der Waals surface area contributed by atoms with Gasteiger partial charge in [0.05, 0.1) is 29.1 Å². The molecule has 1 fully saturated rings. The van der Waals surface area contributed by atoms with E-state index in [1.165, 1.54) is 0 Å². The number of anilines is 1. The smallest absolute Gasteiger partial charge is 0.253 e. The van der Waals surface area contributed by atoms with Crippen LogP contribution in [0.1, 0.15) is 41.7 Å². The first kappa shape index (κ1) is 21.5. The van der Waals surface area contributed by atoms with Crippen molar-refractivity contribution < 1.29 is 19.2 Å². The summed E-state index contributed by atoms with van der Waals surface area (Å²) in [6.45, 7) is 1.52. The summed E-state index contributed by atoms with van der Waals surface area (Å²) in [6, 6.07) is 16.0. The van der Waals surface area contributed by atoms with Gasteiger partial charge in [-0.15, -0.1) is 0 Å². The summed E-state index contributed by atoms with van der Waals surface area (Å²) in [5.74, 6) is -2.21. The molecule has 164 valence electrons. The van der Waals surface area contributed by atoms with E-state index in [0.29, 0.717) is 24.1 Å². The third kappa shape index (κ3) is 4.32. The van der Waals surface area contributed by atoms with Crippen molar-refractivity contribution in [1.29, 1.82) is 0 Å². The lowest BCUT2D eigenvalue weighted by Gasteiger charge is -2.18. The molecule has 1 heterocycles. The Bertz CT molecular complexity index is 1050. The molecule has 32 heavy (non-hydrogen) atoms. The fraction of sp³-hybridized carbons (Fsp3) is 0.280. The number of nitrogens with one attached hydrogen (secondary N) is 2. The second-order valence-corrected chi connectivity index (χ2v) is 8.12. The lowest BCUT2D eigenvalue weighted by molar-refractivity contribution is -0.142. The number of benzene rings is 2. The van der Waals surface area contributed by atoms with Crippen LogP contribution in [0.15, 0.2) is 66.7 Å². The van der Waals surface area contributed by atoms with Crippen molar-refractivity contribution in [2.45, 2.75) is 25.8 Å². The number of hydrogen-bond donors (Lipinski definition) is 2. The molecule has 0 saturated carbocycles. The van der Waals surface area contributed by atoms with Gasteiger partial charge < -0.3 is 10.6 Å². The Balaban J connectivity index is 1.43. The third-order valence-corrected chi connectivity index (χ3v) is 5.99. The van der Waals surface area contributed by atoms with E-state index in [1.807, 2.05) is 49.4 Å². The monoisotopic (exact) mass is 431 g/mol. The van der Waals surface area contributed by atoms with Gasteiger partial charge in [-0.1, -0.05) is 54.6 Å². The predicted octanol–water partition coefficient (Wildman–Crippen LogP) is 3.07. The topological polar surface area (TPSA) is 95.6 Å². The van der Waals surface area contributed by atoms with Gasteiger partial charge in [-0.2, -0.15) is 0 Å². The van der Waals surface area contributed by atoms with Crippen LogP contribution in [-0.2, 0) is 14.4 Å². The minimum absolute atomic E-state index is 0.218. The normalized spacial score (nSPS) is 20.6. The maximum atomic E-state index is 12.9. The lowest BCUT2D eigenvalue weighted by Crippen LogP contribution is -2.38. The Labute approximate surface area is 186 Å². The fourth-order valence-electron chi connectivity index (χ4n) is 4.25. The molecule has 2 aromatic carbocycles. The van der Waals surface area contributed by atoms with Gasteiger partial charge >= 0.3 is 0 Å². The zero-order valence-electron chi connectivity index (χ0n) is 17.8. The maximum absolute atomic E-state index is 12.9. The number of hydrogen-bond acceptors (Lipinski definition) is 4. The second-order valence-electron chi connectivity index (χ2n) is 8.12. The molecule has 0 spiro atoms. The van der Waals surface area contributed by atoms with Crippen LogP contribution in [0.3, 0.4) is 0 Å². The Morgan fingerprint density at radius 2 is 1.53 bits per heavy atom. The van der Waals surface area contributed by atoms with E-state index in [4.69, 9.17) is 0 Å². The Hall–Kier alpha value is -3.74. The first-order valence-corrected chi connectivity index (χ1v) is 10.7. The molecule has 0 unspecified atom stereocenters. The lowest BCUT2D eigenvalue weighted by atomic mass is 9.85. The first-order valence-electron chi connectivity index (χ1n) is 10.7. The van der Waals surface area contributed by atoms with Crippen LogP contribution in [0.2, 0.25) is 0 Å². The zero-order chi connectivity index (χ0) is 22.7. The molecule has 4 rings (SSSR count). The van der Waals surface area contributed by atoms with E-state index in [2.05, 4.69) is 10.6 Å². The van der Waals surface area contributed by atoms with E-state index in [1.54, 1.807) is 24.3 Å². The number of carbonyl (C=O) groups is 4. The summed E-state index contributed by atoms with van der Waals surface area (Å²) >= 11 is 0. The minimum Gasteiger partial charge on any atom is -0.345 e. The highest BCUT2D eigenvalue weighted by molar-refractivity contribution is 6.10. The van der Waals surface area contributed by atoms with E-state index in [-0.39, 0.29) is 42.1 Å². The van der Waals surface area contributed by atoms with Crippen LogP contribution in [0, 0.1) is 11.8 Å². The average molecular weight is 431 g/mol. The van der Waals surface area contributed by atoms with Crippen molar-refractivity contribution in [1.82, 2.24) is 10.2 Å². The van der Waals surface area contributed by atoms with Crippen LogP contribution >= 0.6 is 0 Å². The van der Waals surface area contributed by atoms with Gasteiger partial charge in [-0.05, 0) is 37.5 Å². The molecule has 1 aliphatic heterocycles. The molecule has 3 atom stereocenters. The van der Waals surface area contributed by atoms with E-state index in [0.717, 1.165) is 10.5 Å². The molecule has 1 aliphatic carbocycles. The third-order valence-electron chi connectivity index (χ3n) is 5.99. The number of imide groups is 1. The highest BCUT2D eigenvalue weighted by atomic mass is 16.2. The van der Waals surface area contributed by atoms with Crippen LogP contribution in [-0.4, -0.2) is 35.1 Å². The molecule has 0 aromatic heterocycles. The summed E-state index contributed by atoms with van der Waals surface area (Å²) in [5, 5.41) is 5.62. The van der Waals surface area contributed by atoms with Gasteiger partial charge in [-0.3, -0.25) is 24.1 Å². The van der Waals surface area contributed by atoms with Crippen molar-refractivity contribution >= 4 is 29.3 Å². The number of fused-ring (bicyclic) bond motifs is 1. The maximum Gasteiger partial charge on any atom is 0.253 e. The van der Waals surface area contributed by atoms with Crippen molar-refractivity contribution in [2.24, 2.45) is 11.8 Å². The molecule has 2 N–H and O–H groups in total. The Morgan fingerprint density at radius 1 is 0.938 bits per heavy atom. The number of para-hydroxylation sites is 1. The number of amides is 4. The van der Waals surface area contributed by atoms with E-state index < -0.39 is 5.91 Å². The van der Waals surface area contributed by atoms with Crippen LogP contribution in [0.4, 0.5) is 5.69 Å². The molecular weight excluding hydrogens is 406 g/mol. The fourth-order valence-corrected chi connectivity index (χ4v) is 4.25. The highest BCUT2D eigenvalue weighted by Gasteiger charge is 2.47. The van der Waals surface area contributed by atoms with Gasteiger partial charge in [0, 0.05) is 0 Å². The molecule has 2 aliphatic rings. The largest absolute Gasteiger partial charge is 0.345 e. The van der Waals surface area contributed by atoms with Crippen molar-refractivity contribution in [3.05, 3.63) is 77.9 Å². The summed E-state index contributed by atoms with van der Waals surface area (Å²) in [7, 11) is 0. The first-order chi connectivity index (χ1) is 15.5.